The molecule has 0 amide bonds. The van der Waals surface area contributed by atoms with Crippen molar-refractivity contribution < 1.29 is 0 Å². The maximum atomic E-state index is 5.68. The molecule has 0 aliphatic heterocycles. The number of aryl methyl sites for hydroxylation is 3. The molecule has 3 N–H and O–H groups in total. The lowest BCUT2D eigenvalue weighted by Crippen LogP contribution is -1.99. The van der Waals surface area contributed by atoms with Crippen molar-refractivity contribution in [1.82, 2.24) is 4.98 Å². The highest BCUT2D eigenvalue weighted by Gasteiger charge is 2.15. The number of nitrogens with one attached hydrogen (secondary N) is 1. The molecule has 0 atom stereocenters. The number of halogens is 1. The van der Waals surface area contributed by atoms with Crippen molar-refractivity contribution in [2.75, 3.05) is 6.54 Å². The van der Waals surface area contributed by atoms with Crippen LogP contribution in [0.5, 0.6) is 0 Å². The van der Waals surface area contributed by atoms with E-state index < -0.39 is 0 Å². The molecular formula is C20H23IN2. The molecule has 0 saturated carbocycles. The molecule has 3 heteroatoms. The fourth-order valence-electron chi connectivity index (χ4n) is 3.16. The zero-order chi connectivity index (χ0) is 16.4. The van der Waals surface area contributed by atoms with Gasteiger partial charge < -0.3 is 10.7 Å². The highest BCUT2D eigenvalue weighted by molar-refractivity contribution is 14.1. The largest absolute Gasteiger partial charge is 0.354 e. The van der Waals surface area contributed by atoms with E-state index >= 15 is 0 Å². The fourth-order valence-corrected chi connectivity index (χ4v) is 3.70. The molecule has 0 spiro atoms. The molecule has 0 saturated heterocycles. The Morgan fingerprint density at radius 2 is 1.91 bits per heavy atom. The Bertz CT molecular complexity index is 833. The summed E-state index contributed by atoms with van der Waals surface area (Å²) in [5.41, 5.74) is 13.6. The van der Waals surface area contributed by atoms with Gasteiger partial charge >= 0.3 is 0 Å². The number of fused-ring (bicyclic) bond motifs is 1. The highest BCUT2D eigenvalue weighted by Crippen LogP contribution is 2.34. The summed E-state index contributed by atoms with van der Waals surface area (Å²) in [6, 6.07) is 13.2. The second-order valence-corrected chi connectivity index (χ2v) is 7.41. The van der Waals surface area contributed by atoms with Crippen molar-refractivity contribution in [3.8, 4) is 11.3 Å². The van der Waals surface area contributed by atoms with Crippen LogP contribution >= 0.6 is 22.6 Å². The van der Waals surface area contributed by atoms with Crippen molar-refractivity contribution in [1.29, 1.82) is 0 Å². The van der Waals surface area contributed by atoms with E-state index in [9.17, 15) is 0 Å². The molecule has 0 fully saturated rings. The summed E-state index contributed by atoms with van der Waals surface area (Å²) < 4.78 is 1.26. The van der Waals surface area contributed by atoms with Crippen LogP contribution in [-0.4, -0.2) is 11.5 Å². The zero-order valence-electron chi connectivity index (χ0n) is 13.7. The maximum absolute atomic E-state index is 5.68. The minimum absolute atomic E-state index is 0.763. The molecule has 0 bridgehead atoms. The Balaban J connectivity index is 2.18. The smallest absolute Gasteiger partial charge is 0.0497 e. The van der Waals surface area contributed by atoms with Crippen LogP contribution in [0.2, 0.25) is 0 Å². The third kappa shape index (κ3) is 3.31. The predicted octanol–water partition coefficient (Wildman–Crippen LogP) is 5.34. The van der Waals surface area contributed by atoms with Gasteiger partial charge in [-0.15, -0.1) is 0 Å². The van der Waals surface area contributed by atoms with E-state index in [0.717, 1.165) is 25.8 Å². The molecule has 1 heterocycles. The SMILES string of the molecule is Cc1ccc2c(CCCCN)c(-c3cccc(I)c3)[nH]c2c1C. The summed E-state index contributed by atoms with van der Waals surface area (Å²) in [5.74, 6) is 0. The van der Waals surface area contributed by atoms with Crippen LogP contribution in [0, 0.1) is 17.4 Å². The maximum Gasteiger partial charge on any atom is 0.0497 e. The third-order valence-corrected chi connectivity index (χ3v) is 5.28. The number of aromatic nitrogens is 1. The predicted molar refractivity (Wildman–Crippen MR) is 108 cm³/mol. The first-order valence-corrected chi connectivity index (χ1v) is 9.26. The summed E-state index contributed by atoms with van der Waals surface area (Å²) >= 11 is 2.38. The quantitative estimate of drug-likeness (QED) is 0.427. The van der Waals surface area contributed by atoms with Gasteiger partial charge in [-0.2, -0.15) is 0 Å². The molecular weight excluding hydrogens is 395 g/mol. The number of aromatic amines is 1. The van der Waals surface area contributed by atoms with Crippen LogP contribution in [-0.2, 0) is 6.42 Å². The Kier molecular flexibility index (Phi) is 5.07. The van der Waals surface area contributed by atoms with Crippen molar-refractivity contribution in [3.63, 3.8) is 0 Å². The van der Waals surface area contributed by atoms with Crippen molar-refractivity contribution in [3.05, 3.63) is 56.7 Å². The Labute approximate surface area is 151 Å². The molecule has 0 unspecified atom stereocenters. The topological polar surface area (TPSA) is 41.8 Å². The highest BCUT2D eigenvalue weighted by atomic mass is 127. The van der Waals surface area contributed by atoms with Gasteiger partial charge in [0.05, 0.1) is 0 Å². The van der Waals surface area contributed by atoms with E-state index in [1.165, 1.54) is 42.4 Å². The van der Waals surface area contributed by atoms with Gasteiger partial charge in [-0.05, 0) is 96.6 Å². The Morgan fingerprint density at radius 1 is 1.09 bits per heavy atom. The first-order valence-electron chi connectivity index (χ1n) is 8.18. The van der Waals surface area contributed by atoms with Crippen molar-refractivity contribution >= 4 is 33.5 Å². The van der Waals surface area contributed by atoms with Gasteiger partial charge in [-0.1, -0.05) is 24.3 Å². The molecule has 0 aliphatic carbocycles. The fraction of sp³-hybridized carbons (Fsp3) is 0.300. The summed E-state index contributed by atoms with van der Waals surface area (Å²) in [6.07, 6.45) is 3.27. The minimum Gasteiger partial charge on any atom is -0.354 e. The number of unbranched alkanes of at least 4 members (excludes halogenated alkanes) is 1. The standard InChI is InChI=1S/C20H23IN2/c1-13-9-10-18-17(8-3-4-11-22)20(23-19(18)14(13)2)15-6-5-7-16(21)12-15/h5-7,9-10,12,23H,3-4,8,11,22H2,1-2H3. The Morgan fingerprint density at radius 3 is 2.65 bits per heavy atom. The average Bonchev–Trinajstić information content (AvgIpc) is 2.91. The van der Waals surface area contributed by atoms with Gasteiger partial charge in [-0.25, -0.2) is 0 Å². The molecule has 1 aromatic heterocycles. The number of nitrogens with two attached hydrogens (primary N) is 1. The summed E-state index contributed by atoms with van der Waals surface area (Å²) in [6.45, 7) is 5.14. The summed E-state index contributed by atoms with van der Waals surface area (Å²) in [4.78, 5) is 3.71. The van der Waals surface area contributed by atoms with Gasteiger partial charge in [0.2, 0.25) is 0 Å². The van der Waals surface area contributed by atoms with Crippen LogP contribution in [0.3, 0.4) is 0 Å². The van der Waals surface area contributed by atoms with Crippen LogP contribution in [0.4, 0.5) is 0 Å². The van der Waals surface area contributed by atoms with Gasteiger partial charge in [0, 0.05) is 20.2 Å². The molecule has 3 rings (SSSR count). The number of hydrogen-bond donors (Lipinski definition) is 2. The lowest BCUT2D eigenvalue weighted by atomic mass is 9.98. The molecule has 120 valence electrons. The Hall–Kier alpha value is -1.33. The monoisotopic (exact) mass is 418 g/mol. The second kappa shape index (κ2) is 7.05. The first kappa shape index (κ1) is 16.5. The van der Waals surface area contributed by atoms with E-state index in [-0.39, 0.29) is 0 Å². The summed E-state index contributed by atoms with van der Waals surface area (Å²) in [7, 11) is 0. The van der Waals surface area contributed by atoms with Gasteiger partial charge in [-0.3, -0.25) is 0 Å². The number of benzene rings is 2. The molecule has 0 aliphatic rings. The lowest BCUT2D eigenvalue weighted by molar-refractivity contribution is 0.748. The van der Waals surface area contributed by atoms with Gasteiger partial charge in [0.1, 0.15) is 0 Å². The van der Waals surface area contributed by atoms with Crippen LogP contribution in [0.15, 0.2) is 36.4 Å². The van der Waals surface area contributed by atoms with E-state index in [1.54, 1.807) is 0 Å². The van der Waals surface area contributed by atoms with Gasteiger partial charge in [0.25, 0.3) is 0 Å². The van der Waals surface area contributed by atoms with Gasteiger partial charge in [0.15, 0.2) is 0 Å². The molecule has 0 radical (unpaired) electrons. The van der Waals surface area contributed by atoms with E-state index in [1.807, 2.05) is 0 Å². The average molecular weight is 418 g/mol. The van der Waals surface area contributed by atoms with Crippen LogP contribution in [0.1, 0.15) is 29.5 Å². The minimum atomic E-state index is 0.763. The number of hydrogen-bond acceptors (Lipinski definition) is 1. The number of rotatable bonds is 5. The summed E-state index contributed by atoms with van der Waals surface area (Å²) in [5, 5.41) is 1.36. The van der Waals surface area contributed by atoms with E-state index in [4.69, 9.17) is 5.73 Å². The normalized spacial score (nSPS) is 11.3. The number of H-pyrrole nitrogens is 1. The zero-order valence-corrected chi connectivity index (χ0v) is 15.9. The first-order chi connectivity index (χ1) is 11.1. The van der Waals surface area contributed by atoms with Crippen LogP contribution in [0.25, 0.3) is 22.2 Å². The van der Waals surface area contributed by atoms with Crippen LogP contribution < -0.4 is 5.73 Å². The third-order valence-electron chi connectivity index (χ3n) is 4.61. The van der Waals surface area contributed by atoms with Crippen molar-refractivity contribution in [2.45, 2.75) is 33.1 Å². The van der Waals surface area contributed by atoms with E-state index in [2.05, 4.69) is 77.8 Å². The molecule has 2 aromatic carbocycles. The van der Waals surface area contributed by atoms with E-state index in [0.29, 0.717) is 0 Å². The molecule has 3 aromatic rings. The molecule has 2 nitrogen and oxygen atoms in total. The van der Waals surface area contributed by atoms with Crippen molar-refractivity contribution in [2.24, 2.45) is 5.73 Å². The lowest BCUT2D eigenvalue weighted by Gasteiger charge is -2.06. The second-order valence-electron chi connectivity index (χ2n) is 6.16. The molecule has 23 heavy (non-hydrogen) atoms.